The van der Waals surface area contributed by atoms with Crippen LogP contribution in [0, 0.1) is 12.8 Å². The summed E-state index contributed by atoms with van der Waals surface area (Å²) in [4.78, 5) is 16.5. The second kappa shape index (κ2) is 12.0. The Labute approximate surface area is 202 Å². The zero-order valence-corrected chi connectivity index (χ0v) is 20.3. The van der Waals surface area contributed by atoms with Gasteiger partial charge in [0.15, 0.2) is 0 Å². The van der Waals surface area contributed by atoms with Crippen molar-refractivity contribution >= 4 is 12.0 Å². The first-order valence-corrected chi connectivity index (χ1v) is 11.6. The van der Waals surface area contributed by atoms with E-state index in [1.807, 2.05) is 37.3 Å². The lowest BCUT2D eigenvalue weighted by atomic mass is 9.98. The molecule has 0 aliphatic carbocycles. The van der Waals surface area contributed by atoms with Gasteiger partial charge in [-0.3, -0.25) is 10.0 Å². The number of allylic oxidation sites excluding steroid dienone is 4. The Bertz CT molecular complexity index is 1190. The number of hydroxylamine groups is 1. The monoisotopic (exact) mass is 455 g/mol. The SMILES string of the molecule is C/C=C\C=C/C(C)Cc1nc(C)n(C(C)c2ccccc2)c1-c1cccc(/C=C/C(=O)NO)c1. The van der Waals surface area contributed by atoms with E-state index in [1.54, 1.807) is 11.6 Å². The second-order valence-corrected chi connectivity index (χ2v) is 8.44. The molecule has 3 aromatic rings. The van der Waals surface area contributed by atoms with E-state index < -0.39 is 5.91 Å². The highest BCUT2D eigenvalue weighted by molar-refractivity contribution is 5.91. The molecule has 0 saturated heterocycles. The quantitative estimate of drug-likeness (QED) is 0.172. The zero-order chi connectivity index (χ0) is 24.5. The third-order valence-electron chi connectivity index (χ3n) is 5.78. The molecule has 0 aliphatic rings. The van der Waals surface area contributed by atoms with Crippen LogP contribution in [0.4, 0.5) is 0 Å². The molecule has 176 valence electrons. The number of rotatable bonds is 9. The molecular formula is C29H33N3O2. The molecule has 1 amide bonds. The van der Waals surface area contributed by atoms with E-state index in [-0.39, 0.29) is 6.04 Å². The van der Waals surface area contributed by atoms with Gasteiger partial charge >= 0.3 is 0 Å². The minimum absolute atomic E-state index is 0.102. The maximum Gasteiger partial charge on any atom is 0.267 e. The van der Waals surface area contributed by atoms with Crippen molar-refractivity contribution in [3.63, 3.8) is 0 Å². The van der Waals surface area contributed by atoms with Crippen molar-refractivity contribution in [2.75, 3.05) is 0 Å². The number of aryl methyl sites for hydroxylation is 1. The van der Waals surface area contributed by atoms with Gasteiger partial charge < -0.3 is 4.57 Å². The molecule has 5 nitrogen and oxygen atoms in total. The largest absolute Gasteiger partial charge is 0.321 e. The van der Waals surface area contributed by atoms with Crippen molar-refractivity contribution in [2.45, 2.75) is 40.2 Å². The number of carbonyl (C=O) groups is 1. The van der Waals surface area contributed by atoms with Crippen LogP contribution >= 0.6 is 0 Å². The average Bonchev–Trinajstić information content (AvgIpc) is 3.18. The van der Waals surface area contributed by atoms with Gasteiger partial charge in [-0.25, -0.2) is 10.5 Å². The highest BCUT2D eigenvalue weighted by Crippen LogP contribution is 2.33. The van der Waals surface area contributed by atoms with Crippen LogP contribution in [-0.2, 0) is 11.2 Å². The van der Waals surface area contributed by atoms with Crippen molar-refractivity contribution in [1.82, 2.24) is 15.0 Å². The van der Waals surface area contributed by atoms with E-state index in [0.717, 1.165) is 34.8 Å². The van der Waals surface area contributed by atoms with E-state index in [9.17, 15) is 4.79 Å². The van der Waals surface area contributed by atoms with E-state index >= 15 is 0 Å². The molecule has 2 N–H and O–H groups in total. The van der Waals surface area contributed by atoms with Gasteiger partial charge in [-0.15, -0.1) is 0 Å². The highest BCUT2D eigenvalue weighted by atomic mass is 16.5. The molecular weight excluding hydrogens is 422 g/mol. The normalized spacial score (nSPS) is 13.7. The number of benzene rings is 2. The fourth-order valence-corrected chi connectivity index (χ4v) is 4.14. The molecule has 3 rings (SSSR count). The minimum Gasteiger partial charge on any atom is -0.321 e. The van der Waals surface area contributed by atoms with Gasteiger partial charge in [0.05, 0.1) is 17.4 Å². The first-order chi connectivity index (χ1) is 16.4. The van der Waals surface area contributed by atoms with Gasteiger partial charge in [0.1, 0.15) is 5.82 Å². The van der Waals surface area contributed by atoms with Crippen LogP contribution in [0.5, 0.6) is 0 Å². The summed E-state index contributed by atoms with van der Waals surface area (Å²) in [6.07, 6.45) is 12.1. The van der Waals surface area contributed by atoms with Crippen LogP contribution in [0.1, 0.15) is 49.5 Å². The molecule has 5 heteroatoms. The van der Waals surface area contributed by atoms with Crippen molar-refractivity contribution in [3.05, 3.63) is 108 Å². The molecule has 1 aromatic heterocycles. The van der Waals surface area contributed by atoms with Gasteiger partial charge in [0.2, 0.25) is 0 Å². The summed E-state index contributed by atoms with van der Waals surface area (Å²) < 4.78 is 2.30. The number of hydrogen-bond donors (Lipinski definition) is 2. The second-order valence-electron chi connectivity index (χ2n) is 8.44. The van der Waals surface area contributed by atoms with Crippen molar-refractivity contribution in [1.29, 1.82) is 0 Å². The maximum atomic E-state index is 11.5. The summed E-state index contributed by atoms with van der Waals surface area (Å²) in [5.74, 6) is 0.721. The first-order valence-electron chi connectivity index (χ1n) is 11.6. The van der Waals surface area contributed by atoms with E-state index in [1.165, 1.54) is 11.6 Å². The van der Waals surface area contributed by atoms with E-state index in [0.29, 0.717) is 5.92 Å². The smallest absolute Gasteiger partial charge is 0.267 e. The molecule has 0 fully saturated rings. The molecule has 0 aliphatic heterocycles. The Morgan fingerprint density at radius 1 is 1.12 bits per heavy atom. The standard InChI is InChI=1S/C29H33N3O2/c1-5-6-8-12-21(2)19-27-29(26-16-11-13-24(20-26)17-18-28(33)31-34)32(23(4)30-27)22(3)25-14-9-7-10-15-25/h5-18,20-22,34H,19H2,1-4H3,(H,31,33)/b6-5-,12-8-,18-17+. The van der Waals surface area contributed by atoms with Crippen LogP contribution < -0.4 is 5.48 Å². The number of nitrogens with zero attached hydrogens (tertiary/aromatic N) is 2. The number of amides is 1. The summed E-state index contributed by atoms with van der Waals surface area (Å²) >= 11 is 0. The van der Waals surface area contributed by atoms with E-state index in [2.05, 4.69) is 73.9 Å². The van der Waals surface area contributed by atoms with Crippen molar-refractivity contribution < 1.29 is 10.0 Å². The Morgan fingerprint density at radius 2 is 1.88 bits per heavy atom. The van der Waals surface area contributed by atoms with Crippen LogP contribution in [-0.4, -0.2) is 20.7 Å². The third-order valence-corrected chi connectivity index (χ3v) is 5.78. The topological polar surface area (TPSA) is 67.2 Å². The molecule has 0 bridgehead atoms. The summed E-state index contributed by atoms with van der Waals surface area (Å²) in [6, 6.07) is 18.6. The number of aromatic nitrogens is 2. The summed E-state index contributed by atoms with van der Waals surface area (Å²) in [5.41, 5.74) is 6.88. The van der Waals surface area contributed by atoms with Crippen LogP contribution in [0.15, 0.2) is 85.0 Å². The molecule has 2 aromatic carbocycles. The van der Waals surface area contributed by atoms with Gasteiger partial charge in [-0.1, -0.05) is 79.8 Å². The zero-order valence-electron chi connectivity index (χ0n) is 20.3. The molecule has 2 atom stereocenters. The molecule has 2 unspecified atom stereocenters. The third kappa shape index (κ3) is 6.21. The number of carbonyl (C=O) groups excluding carboxylic acids is 1. The fraction of sp³-hybridized carbons (Fsp3) is 0.241. The van der Waals surface area contributed by atoms with Gasteiger partial charge in [0, 0.05) is 11.6 Å². The summed E-state index contributed by atoms with van der Waals surface area (Å²) in [6.45, 7) is 8.46. The minimum atomic E-state index is -0.564. The van der Waals surface area contributed by atoms with Gasteiger partial charge in [-0.05, 0) is 56.4 Å². The van der Waals surface area contributed by atoms with Crippen molar-refractivity contribution in [3.8, 4) is 11.3 Å². The van der Waals surface area contributed by atoms with Crippen LogP contribution in [0.2, 0.25) is 0 Å². The number of hydrogen-bond acceptors (Lipinski definition) is 3. The average molecular weight is 456 g/mol. The first kappa shape index (κ1) is 24.9. The predicted molar refractivity (Wildman–Crippen MR) is 138 cm³/mol. The lowest BCUT2D eigenvalue weighted by Crippen LogP contribution is -2.14. The van der Waals surface area contributed by atoms with E-state index in [4.69, 9.17) is 10.2 Å². The lowest BCUT2D eigenvalue weighted by Gasteiger charge is -2.20. The van der Waals surface area contributed by atoms with Crippen molar-refractivity contribution in [2.24, 2.45) is 5.92 Å². The van der Waals surface area contributed by atoms with Gasteiger partial charge in [-0.2, -0.15) is 0 Å². The Morgan fingerprint density at radius 3 is 2.59 bits per heavy atom. The van der Waals surface area contributed by atoms with Gasteiger partial charge in [0.25, 0.3) is 5.91 Å². The lowest BCUT2D eigenvalue weighted by molar-refractivity contribution is -0.124. The molecule has 0 radical (unpaired) electrons. The summed E-state index contributed by atoms with van der Waals surface area (Å²) in [5, 5.41) is 8.78. The Kier molecular flexibility index (Phi) is 8.77. The van der Waals surface area contributed by atoms with Crippen LogP contribution in [0.25, 0.3) is 17.3 Å². The molecule has 0 saturated carbocycles. The molecule has 34 heavy (non-hydrogen) atoms. The Balaban J connectivity index is 2.10. The Hall–Kier alpha value is -3.70. The summed E-state index contributed by atoms with van der Waals surface area (Å²) in [7, 11) is 0. The maximum absolute atomic E-state index is 11.5. The van der Waals surface area contributed by atoms with Crippen LogP contribution in [0.3, 0.4) is 0 Å². The molecule has 0 spiro atoms. The predicted octanol–water partition coefficient (Wildman–Crippen LogP) is 6.30. The fourth-order valence-electron chi connectivity index (χ4n) is 4.14. The number of nitrogens with one attached hydrogen (secondary N) is 1. The number of imidazole rings is 1. The highest BCUT2D eigenvalue weighted by Gasteiger charge is 2.22. The molecule has 1 heterocycles.